The largest absolute Gasteiger partial charge is 0.468 e. The maximum atomic E-state index is 11.0. The van der Waals surface area contributed by atoms with E-state index in [1.807, 2.05) is 12.1 Å². The lowest BCUT2D eigenvalue weighted by molar-refractivity contribution is -0.140. The van der Waals surface area contributed by atoms with E-state index < -0.39 is 11.3 Å². The van der Waals surface area contributed by atoms with Crippen molar-refractivity contribution in [3.05, 3.63) is 35.4 Å². The number of halogens is 1. The first-order valence-electron chi connectivity index (χ1n) is 4.58. The molecule has 0 radical (unpaired) electrons. The molecule has 1 aromatic rings. The lowest BCUT2D eigenvalue weighted by atomic mass is 10.1. The molecule has 0 aliphatic rings. The zero-order chi connectivity index (χ0) is 11.3. The molecule has 0 aliphatic heterocycles. The van der Waals surface area contributed by atoms with E-state index in [2.05, 4.69) is 4.74 Å². The number of aliphatic hydroxyl groups is 1. The van der Waals surface area contributed by atoms with Gasteiger partial charge in [-0.15, -0.1) is 11.6 Å². The number of esters is 1. The first kappa shape index (κ1) is 12.0. The minimum atomic E-state index is -0.657. The van der Waals surface area contributed by atoms with Crippen molar-refractivity contribution in [2.75, 3.05) is 7.11 Å². The third-order valence-electron chi connectivity index (χ3n) is 2.08. The molecule has 15 heavy (non-hydrogen) atoms. The monoisotopic (exact) mass is 228 g/mol. The van der Waals surface area contributed by atoms with Gasteiger partial charge >= 0.3 is 5.97 Å². The van der Waals surface area contributed by atoms with E-state index >= 15 is 0 Å². The predicted molar refractivity (Wildman–Crippen MR) is 57.7 cm³/mol. The number of hydrogen-bond acceptors (Lipinski definition) is 3. The topological polar surface area (TPSA) is 46.5 Å². The van der Waals surface area contributed by atoms with Crippen LogP contribution in [0.15, 0.2) is 24.3 Å². The molecule has 1 rings (SSSR count). The molecule has 0 bridgehead atoms. The standard InChI is InChI=1S/C11H13ClO3/c1-15-11(14)10(12)6-8-2-4-9(7-13)5-3-8/h2-5,10,13H,6-7H2,1H3. The number of carbonyl (C=O) groups is 1. The summed E-state index contributed by atoms with van der Waals surface area (Å²) >= 11 is 5.82. The third-order valence-corrected chi connectivity index (χ3v) is 2.41. The van der Waals surface area contributed by atoms with Crippen molar-refractivity contribution in [1.82, 2.24) is 0 Å². The molecule has 4 heteroatoms. The van der Waals surface area contributed by atoms with E-state index in [0.717, 1.165) is 11.1 Å². The molecule has 0 amide bonds. The van der Waals surface area contributed by atoms with E-state index in [1.54, 1.807) is 12.1 Å². The van der Waals surface area contributed by atoms with Crippen LogP contribution in [0.4, 0.5) is 0 Å². The van der Waals surface area contributed by atoms with Gasteiger partial charge in [0.15, 0.2) is 0 Å². The van der Waals surface area contributed by atoms with Crippen LogP contribution in [0, 0.1) is 0 Å². The average molecular weight is 229 g/mol. The van der Waals surface area contributed by atoms with Crippen molar-refractivity contribution >= 4 is 17.6 Å². The Bertz CT molecular complexity index is 321. The van der Waals surface area contributed by atoms with E-state index in [0.29, 0.717) is 6.42 Å². The maximum Gasteiger partial charge on any atom is 0.324 e. The van der Waals surface area contributed by atoms with Crippen molar-refractivity contribution in [3.63, 3.8) is 0 Å². The van der Waals surface area contributed by atoms with Gasteiger partial charge in [0.05, 0.1) is 13.7 Å². The van der Waals surface area contributed by atoms with Crippen LogP contribution in [-0.2, 0) is 22.6 Å². The maximum absolute atomic E-state index is 11.0. The van der Waals surface area contributed by atoms with Gasteiger partial charge in [-0.25, -0.2) is 0 Å². The molecule has 0 heterocycles. The van der Waals surface area contributed by atoms with Gasteiger partial charge in [-0.2, -0.15) is 0 Å². The third kappa shape index (κ3) is 3.53. The normalized spacial score (nSPS) is 12.2. The lowest BCUT2D eigenvalue weighted by Crippen LogP contribution is -2.18. The molecule has 0 saturated carbocycles. The zero-order valence-electron chi connectivity index (χ0n) is 8.44. The zero-order valence-corrected chi connectivity index (χ0v) is 9.20. The van der Waals surface area contributed by atoms with E-state index in [4.69, 9.17) is 16.7 Å². The smallest absolute Gasteiger partial charge is 0.324 e. The lowest BCUT2D eigenvalue weighted by Gasteiger charge is -2.07. The Labute approximate surface area is 93.6 Å². The number of hydrogen-bond donors (Lipinski definition) is 1. The van der Waals surface area contributed by atoms with Gasteiger partial charge in [0.2, 0.25) is 0 Å². The number of benzene rings is 1. The molecule has 0 saturated heterocycles. The molecule has 0 spiro atoms. The van der Waals surface area contributed by atoms with Gasteiger partial charge < -0.3 is 9.84 Å². The van der Waals surface area contributed by atoms with Gasteiger partial charge in [0.25, 0.3) is 0 Å². The number of carbonyl (C=O) groups excluding carboxylic acids is 1. The first-order chi connectivity index (χ1) is 7.17. The summed E-state index contributed by atoms with van der Waals surface area (Å²) in [7, 11) is 1.31. The molecule has 1 atom stereocenters. The van der Waals surface area contributed by atoms with Crippen LogP contribution >= 0.6 is 11.6 Å². The van der Waals surface area contributed by atoms with Crippen LogP contribution < -0.4 is 0 Å². The predicted octanol–water partition coefficient (Wildman–Crippen LogP) is 1.50. The molecular weight excluding hydrogens is 216 g/mol. The Morgan fingerprint density at radius 1 is 1.40 bits per heavy atom. The summed E-state index contributed by atoms with van der Waals surface area (Å²) in [6, 6.07) is 7.28. The highest BCUT2D eigenvalue weighted by molar-refractivity contribution is 6.30. The fourth-order valence-corrected chi connectivity index (χ4v) is 1.47. The Kier molecular flexibility index (Phi) is 4.59. The summed E-state index contributed by atoms with van der Waals surface area (Å²) in [5.74, 6) is -0.428. The molecule has 3 nitrogen and oxygen atoms in total. The van der Waals surface area contributed by atoms with Crippen LogP contribution in [0.25, 0.3) is 0 Å². The van der Waals surface area contributed by atoms with Gasteiger partial charge in [-0.3, -0.25) is 4.79 Å². The Balaban J connectivity index is 2.60. The molecule has 1 unspecified atom stereocenters. The first-order valence-corrected chi connectivity index (χ1v) is 5.01. The summed E-state index contributed by atoms with van der Waals surface area (Å²) in [4.78, 5) is 11.0. The second-order valence-corrected chi connectivity index (χ2v) is 3.70. The molecule has 1 aromatic carbocycles. The van der Waals surface area contributed by atoms with Crippen LogP contribution in [-0.4, -0.2) is 23.6 Å². The highest BCUT2D eigenvalue weighted by Crippen LogP contribution is 2.11. The highest BCUT2D eigenvalue weighted by Gasteiger charge is 2.15. The number of ether oxygens (including phenoxy) is 1. The van der Waals surface area contributed by atoms with Gasteiger partial charge in [0, 0.05) is 0 Å². The minimum Gasteiger partial charge on any atom is -0.468 e. The number of rotatable bonds is 4. The Hall–Kier alpha value is -1.06. The fourth-order valence-electron chi connectivity index (χ4n) is 1.20. The van der Waals surface area contributed by atoms with E-state index in [9.17, 15) is 4.79 Å². The second-order valence-electron chi connectivity index (χ2n) is 3.17. The highest BCUT2D eigenvalue weighted by atomic mass is 35.5. The average Bonchev–Trinajstić information content (AvgIpc) is 2.29. The summed E-state index contributed by atoms with van der Waals surface area (Å²) in [6.45, 7) is 0.0155. The van der Waals surface area contributed by atoms with Gasteiger partial charge in [0.1, 0.15) is 5.38 Å². The van der Waals surface area contributed by atoms with E-state index in [1.165, 1.54) is 7.11 Å². The summed E-state index contributed by atoms with van der Waals surface area (Å²) in [6.07, 6.45) is 0.430. The minimum absolute atomic E-state index is 0.0155. The van der Waals surface area contributed by atoms with Crippen LogP contribution in [0.2, 0.25) is 0 Å². The van der Waals surface area contributed by atoms with Crippen LogP contribution in [0.1, 0.15) is 11.1 Å². The summed E-state index contributed by atoms with van der Waals surface area (Å²) in [5.41, 5.74) is 1.78. The molecule has 82 valence electrons. The Morgan fingerprint density at radius 2 is 1.93 bits per heavy atom. The molecule has 0 aromatic heterocycles. The van der Waals surface area contributed by atoms with Crippen LogP contribution in [0.5, 0.6) is 0 Å². The van der Waals surface area contributed by atoms with Crippen molar-refractivity contribution < 1.29 is 14.6 Å². The fraction of sp³-hybridized carbons (Fsp3) is 0.364. The quantitative estimate of drug-likeness (QED) is 0.628. The summed E-state index contributed by atoms with van der Waals surface area (Å²) in [5, 5.41) is 8.18. The number of aliphatic hydroxyl groups excluding tert-OH is 1. The van der Waals surface area contributed by atoms with E-state index in [-0.39, 0.29) is 6.61 Å². The molecule has 0 aliphatic carbocycles. The summed E-state index contributed by atoms with van der Waals surface area (Å²) < 4.78 is 4.52. The molecule has 0 fully saturated rings. The Morgan fingerprint density at radius 3 is 2.40 bits per heavy atom. The SMILES string of the molecule is COC(=O)C(Cl)Cc1ccc(CO)cc1. The van der Waals surface area contributed by atoms with Crippen molar-refractivity contribution in [3.8, 4) is 0 Å². The van der Waals surface area contributed by atoms with Crippen molar-refractivity contribution in [2.24, 2.45) is 0 Å². The van der Waals surface area contributed by atoms with Crippen molar-refractivity contribution in [2.45, 2.75) is 18.4 Å². The van der Waals surface area contributed by atoms with Gasteiger partial charge in [-0.1, -0.05) is 24.3 Å². The van der Waals surface area contributed by atoms with Crippen LogP contribution in [0.3, 0.4) is 0 Å². The van der Waals surface area contributed by atoms with Gasteiger partial charge in [-0.05, 0) is 17.5 Å². The second kappa shape index (κ2) is 5.73. The van der Waals surface area contributed by atoms with Crippen molar-refractivity contribution in [1.29, 1.82) is 0 Å². The number of methoxy groups -OCH3 is 1. The molecule has 1 N–H and O–H groups in total. The molecular formula is C11H13ClO3. The number of alkyl halides is 1.